The van der Waals surface area contributed by atoms with Crippen LogP contribution in [-0.4, -0.2) is 16.3 Å². The van der Waals surface area contributed by atoms with Gasteiger partial charge in [-0.05, 0) is 30.3 Å². The summed E-state index contributed by atoms with van der Waals surface area (Å²) in [6.07, 6.45) is 1.90. The zero-order chi connectivity index (χ0) is 14.8. The van der Waals surface area contributed by atoms with Gasteiger partial charge in [0.2, 0.25) is 5.88 Å². The molecule has 0 fully saturated rings. The van der Waals surface area contributed by atoms with E-state index in [-0.39, 0.29) is 16.4 Å². The van der Waals surface area contributed by atoms with Gasteiger partial charge >= 0.3 is 0 Å². The molecular formula is C15H8ClFN2O2. The molecule has 0 aliphatic heterocycles. The number of benzene rings is 2. The minimum Gasteiger partial charge on any atom is -0.437 e. The van der Waals surface area contributed by atoms with Gasteiger partial charge in [-0.15, -0.1) is 0 Å². The van der Waals surface area contributed by atoms with Gasteiger partial charge in [0.1, 0.15) is 29.7 Å². The molecule has 1 aromatic heterocycles. The molecule has 0 amide bonds. The van der Waals surface area contributed by atoms with Crippen molar-refractivity contribution in [3.63, 3.8) is 0 Å². The van der Waals surface area contributed by atoms with E-state index in [0.29, 0.717) is 23.0 Å². The summed E-state index contributed by atoms with van der Waals surface area (Å²) < 4.78 is 19.3. The molecule has 4 nitrogen and oxygen atoms in total. The van der Waals surface area contributed by atoms with E-state index in [9.17, 15) is 9.18 Å². The zero-order valence-electron chi connectivity index (χ0n) is 10.6. The van der Waals surface area contributed by atoms with E-state index in [1.807, 2.05) is 0 Å². The Balaban J connectivity index is 2.06. The number of ether oxygens (including phenoxy) is 1. The van der Waals surface area contributed by atoms with Crippen molar-refractivity contribution in [2.75, 3.05) is 0 Å². The molecule has 21 heavy (non-hydrogen) atoms. The zero-order valence-corrected chi connectivity index (χ0v) is 11.3. The minimum absolute atomic E-state index is 0.170. The molecule has 6 heteroatoms. The number of hydrogen-bond donors (Lipinski definition) is 0. The van der Waals surface area contributed by atoms with Crippen LogP contribution in [0.25, 0.3) is 10.9 Å². The van der Waals surface area contributed by atoms with E-state index in [2.05, 4.69) is 9.97 Å². The smallest absolute Gasteiger partial charge is 0.230 e. The molecule has 0 N–H and O–H groups in total. The number of carbonyl (C=O) groups excluding carboxylic acids is 1. The first-order valence-electron chi connectivity index (χ1n) is 6.01. The Morgan fingerprint density at radius 2 is 2.05 bits per heavy atom. The molecule has 3 aromatic rings. The maximum atomic E-state index is 13.7. The first-order chi connectivity index (χ1) is 10.2. The van der Waals surface area contributed by atoms with Crippen molar-refractivity contribution >= 4 is 28.8 Å². The minimum atomic E-state index is -0.456. The lowest BCUT2D eigenvalue weighted by molar-refractivity contribution is 0.112. The molecule has 1 heterocycles. The van der Waals surface area contributed by atoms with Crippen molar-refractivity contribution in [2.45, 2.75) is 0 Å². The van der Waals surface area contributed by atoms with Crippen molar-refractivity contribution in [1.82, 2.24) is 9.97 Å². The van der Waals surface area contributed by atoms with Crippen LogP contribution in [0, 0.1) is 5.82 Å². The number of aromatic nitrogens is 2. The maximum absolute atomic E-state index is 13.7. The van der Waals surface area contributed by atoms with E-state index in [1.165, 1.54) is 18.5 Å². The summed E-state index contributed by atoms with van der Waals surface area (Å²) in [6.45, 7) is 0. The molecule has 2 aromatic carbocycles. The summed E-state index contributed by atoms with van der Waals surface area (Å²) in [5.41, 5.74) is 0.606. The molecular weight excluding hydrogens is 295 g/mol. The van der Waals surface area contributed by atoms with Crippen LogP contribution in [0.5, 0.6) is 11.6 Å². The standard InChI is InChI=1S/C15H8ClFN2O2/c16-11-6-9(7-20)4-5-13(11)21-15-10-2-1-3-12(17)14(10)18-8-19-15/h1-8H. The second-order valence-electron chi connectivity index (χ2n) is 4.22. The normalized spacial score (nSPS) is 10.6. The summed E-state index contributed by atoms with van der Waals surface area (Å²) in [5, 5.41) is 0.704. The Morgan fingerprint density at radius 1 is 1.19 bits per heavy atom. The summed E-state index contributed by atoms with van der Waals surface area (Å²) in [6, 6.07) is 9.11. The van der Waals surface area contributed by atoms with E-state index >= 15 is 0 Å². The van der Waals surface area contributed by atoms with Gasteiger partial charge in [-0.2, -0.15) is 0 Å². The van der Waals surface area contributed by atoms with Crippen LogP contribution in [-0.2, 0) is 0 Å². The highest BCUT2D eigenvalue weighted by Gasteiger charge is 2.11. The number of fused-ring (bicyclic) bond motifs is 1. The Labute approximate surface area is 124 Å². The van der Waals surface area contributed by atoms with Crippen LogP contribution in [0.1, 0.15) is 10.4 Å². The lowest BCUT2D eigenvalue weighted by atomic mass is 10.2. The molecule has 104 valence electrons. The number of nitrogens with zero attached hydrogens (tertiary/aromatic N) is 2. The second-order valence-corrected chi connectivity index (χ2v) is 4.63. The SMILES string of the molecule is O=Cc1ccc(Oc2ncnc3c(F)cccc23)c(Cl)c1. The lowest BCUT2D eigenvalue weighted by Gasteiger charge is -2.09. The van der Waals surface area contributed by atoms with Crippen LogP contribution in [0.2, 0.25) is 5.02 Å². The molecule has 0 aliphatic carbocycles. The summed E-state index contributed by atoms with van der Waals surface area (Å²) in [4.78, 5) is 18.6. The number of para-hydroxylation sites is 1. The highest BCUT2D eigenvalue weighted by atomic mass is 35.5. The molecule has 0 saturated heterocycles. The Hall–Kier alpha value is -2.53. The molecule has 0 aliphatic rings. The predicted octanol–water partition coefficient (Wildman–Crippen LogP) is 4.03. The second kappa shape index (κ2) is 5.46. The van der Waals surface area contributed by atoms with Crippen molar-refractivity contribution in [3.05, 3.63) is 59.1 Å². The van der Waals surface area contributed by atoms with Crippen molar-refractivity contribution < 1.29 is 13.9 Å². The Morgan fingerprint density at radius 3 is 2.81 bits per heavy atom. The predicted molar refractivity (Wildman–Crippen MR) is 76.4 cm³/mol. The molecule has 0 saturated carbocycles. The summed E-state index contributed by atoms with van der Waals surface area (Å²) in [7, 11) is 0. The van der Waals surface area contributed by atoms with Gasteiger partial charge in [0.05, 0.1) is 10.4 Å². The van der Waals surface area contributed by atoms with E-state index < -0.39 is 5.82 Å². The molecule has 0 spiro atoms. The number of rotatable bonds is 3. The van der Waals surface area contributed by atoms with Gasteiger partial charge in [0.25, 0.3) is 0 Å². The highest BCUT2D eigenvalue weighted by molar-refractivity contribution is 6.32. The highest BCUT2D eigenvalue weighted by Crippen LogP contribution is 2.32. The van der Waals surface area contributed by atoms with E-state index in [1.54, 1.807) is 24.3 Å². The van der Waals surface area contributed by atoms with Crippen molar-refractivity contribution in [3.8, 4) is 11.6 Å². The topological polar surface area (TPSA) is 52.1 Å². The lowest BCUT2D eigenvalue weighted by Crippen LogP contribution is -1.94. The fourth-order valence-electron chi connectivity index (χ4n) is 1.89. The van der Waals surface area contributed by atoms with Gasteiger partial charge in [-0.1, -0.05) is 17.7 Å². The third kappa shape index (κ3) is 2.55. The van der Waals surface area contributed by atoms with Gasteiger partial charge in [-0.3, -0.25) is 4.79 Å². The van der Waals surface area contributed by atoms with Crippen LogP contribution in [0.3, 0.4) is 0 Å². The monoisotopic (exact) mass is 302 g/mol. The van der Waals surface area contributed by atoms with Gasteiger partial charge in [0.15, 0.2) is 0 Å². The Kier molecular flexibility index (Phi) is 3.50. The molecule has 0 atom stereocenters. The molecule has 0 unspecified atom stereocenters. The van der Waals surface area contributed by atoms with Gasteiger partial charge in [-0.25, -0.2) is 14.4 Å². The van der Waals surface area contributed by atoms with Gasteiger partial charge in [0, 0.05) is 5.56 Å². The number of carbonyl (C=O) groups is 1. The number of aldehydes is 1. The molecule has 0 bridgehead atoms. The summed E-state index contributed by atoms with van der Waals surface area (Å²) in [5.74, 6) is 0.0638. The summed E-state index contributed by atoms with van der Waals surface area (Å²) >= 11 is 6.04. The van der Waals surface area contributed by atoms with Gasteiger partial charge < -0.3 is 4.74 Å². The van der Waals surface area contributed by atoms with Crippen molar-refractivity contribution in [1.29, 1.82) is 0 Å². The van der Waals surface area contributed by atoms with Crippen LogP contribution in [0.15, 0.2) is 42.7 Å². The average molecular weight is 303 g/mol. The quantitative estimate of drug-likeness (QED) is 0.686. The first-order valence-corrected chi connectivity index (χ1v) is 6.38. The molecule has 0 radical (unpaired) electrons. The Bertz CT molecular complexity index is 839. The van der Waals surface area contributed by atoms with E-state index in [4.69, 9.17) is 16.3 Å². The number of halogens is 2. The van der Waals surface area contributed by atoms with Crippen LogP contribution < -0.4 is 4.74 Å². The largest absolute Gasteiger partial charge is 0.437 e. The third-order valence-corrected chi connectivity index (χ3v) is 3.17. The fraction of sp³-hybridized carbons (Fsp3) is 0. The van der Waals surface area contributed by atoms with E-state index in [0.717, 1.165) is 0 Å². The average Bonchev–Trinajstić information content (AvgIpc) is 2.50. The van der Waals surface area contributed by atoms with Crippen molar-refractivity contribution in [2.24, 2.45) is 0 Å². The van der Waals surface area contributed by atoms with Crippen LogP contribution >= 0.6 is 11.6 Å². The maximum Gasteiger partial charge on any atom is 0.230 e. The van der Waals surface area contributed by atoms with Crippen LogP contribution in [0.4, 0.5) is 4.39 Å². The molecule has 3 rings (SSSR count). The first kappa shape index (κ1) is 13.5. The third-order valence-electron chi connectivity index (χ3n) is 2.88. The fourth-order valence-corrected chi connectivity index (χ4v) is 2.11. The number of hydrogen-bond acceptors (Lipinski definition) is 4.